The van der Waals surface area contributed by atoms with Gasteiger partial charge in [0.1, 0.15) is 28.1 Å². The van der Waals surface area contributed by atoms with Gasteiger partial charge in [-0.25, -0.2) is 9.37 Å². The van der Waals surface area contributed by atoms with E-state index in [2.05, 4.69) is 4.98 Å². The third-order valence-electron chi connectivity index (χ3n) is 4.43. The summed E-state index contributed by atoms with van der Waals surface area (Å²) in [5.74, 6) is -1.50. The minimum absolute atomic E-state index is 0.0778. The summed E-state index contributed by atoms with van der Waals surface area (Å²) >= 11 is 1.24. The van der Waals surface area contributed by atoms with Gasteiger partial charge in [-0.1, -0.05) is 6.92 Å². The molecule has 6 nitrogen and oxygen atoms in total. The molecule has 1 aliphatic heterocycles. The Hall–Kier alpha value is -2.48. The molecule has 1 amide bonds. The maximum Gasteiger partial charge on any atom is 0.308 e. The first-order valence-corrected chi connectivity index (χ1v) is 9.03. The lowest BCUT2D eigenvalue weighted by Crippen LogP contribution is -2.29. The van der Waals surface area contributed by atoms with E-state index in [0.29, 0.717) is 27.9 Å². The summed E-state index contributed by atoms with van der Waals surface area (Å²) in [5.41, 5.74) is 0.601. The van der Waals surface area contributed by atoms with Crippen molar-refractivity contribution in [1.82, 2.24) is 9.88 Å². The van der Waals surface area contributed by atoms with Crippen molar-refractivity contribution in [1.29, 1.82) is 0 Å². The standard InChI is InChI=1S/C18H19FN2O4S/c1-10-7-21(8-14(10)18(23)24)17(22)16-11(2)20-15(26-16)9-25-13-5-3-12(19)4-6-13/h3-6,10,14H,7-9H2,1-2H3,(H,23,24)/t10-,14-/m1/s1. The van der Waals surface area contributed by atoms with Crippen LogP contribution in [0.15, 0.2) is 24.3 Å². The topological polar surface area (TPSA) is 79.7 Å². The van der Waals surface area contributed by atoms with E-state index in [9.17, 15) is 19.1 Å². The monoisotopic (exact) mass is 378 g/mol. The van der Waals surface area contributed by atoms with Gasteiger partial charge in [-0.15, -0.1) is 11.3 Å². The van der Waals surface area contributed by atoms with Crippen LogP contribution < -0.4 is 4.74 Å². The van der Waals surface area contributed by atoms with E-state index in [4.69, 9.17) is 4.74 Å². The van der Waals surface area contributed by atoms with E-state index in [1.54, 1.807) is 11.8 Å². The Morgan fingerprint density at radius 3 is 2.65 bits per heavy atom. The fourth-order valence-corrected chi connectivity index (χ4v) is 3.93. The van der Waals surface area contributed by atoms with E-state index in [0.717, 1.165) is 0 Å². The number of aryl methyl sites for hydroxylation is 1. The molecule has 2 heterocycles. The first-order chi connectivity index (χ1) is 12.3. The van der Waals surface area contributed by atoms with Crippen molar-refractivity contribution < 1.29 is 23.8 Å². The first kappa shape index (κ1) is 18.3. The predicted molar refractivity (Wildman–Crippen MR) is 93.8 cm³/mol. The Morgan fingerprint density at radius 1 is 1.35 bits per heavy atom. The van der Waals surface area contributed by atoms with Crippen molar-refractivity contribution in [3.05, 3.63) is 45.7 Å². The molecule has 8 heteroatoms. The molecule has 3 rings (SSSR count). The normalized spacial score (nSPS) is 19.6. The quantitative estimate of drug-likeness (QED) is 0.865. The third kappa shape index (κ3) is 3.85. The minimum Gasteiger partial charge on any atom is -0.486 e. The van der Waals surface area contributed by atoms with Crippen molar-refractivity contribution in [2.75, 3.05) is 13.1 Å². The van der Waals surface area contributed by atoms with Crippen molar-refractivity contribution in [2.45, 2.75) is 20.5 Å². The molecule has 1 aromatic carbocycles. The Bertz CT molecular complexity index is 821. The summed E-state index contributed by atoms with van der Waals surface area (Å²) in [6, 6.07) is 5.68. The molecule has 0 spiro atoms. The molecule has 0 saturated carbocycles. The van der Waals surface area contributed by atoms with Gasteiger partial charge >= 0.3 is 5.97 Å². The van der Waals surface area contributed by atoms with E-state index >= 15 is 0 Å². The van der Waals surface area contributed by atoms with Gasteiger partial charge in [0.25, 0.3) is 5.91 Å². The Kier molecular flexibility index (Phi) is 5.22. The molecule has 138 valence electrons. The summed E-state index contributed by atoms with van der Waals surface area (Å²) in [5, 5.41) is 9.86. The summed E-state index contributed by atoms with van der Waals surface area (Å²) < 4.78 is 18.5. The van der Waals surface area contributed by atoms with Gasteiger partial charge < -0.3 is 14.7 Å². The number of carboxylic acid groups (broad SMARTS) is 1. The lowest BCUT2D eigenvalue weighted by atomic mass is 9.99. The number of carbonyl (C=O) groups excluding carboxylic acids is 1. The molecular formula is C18H19FN2O4S. The number of nitrogens with zero attached hydrogens (tertiary/aromatic N) is 2. The molecule has 1 N–H and O–H groups in total. The number of thiazole rings is 1. The molecule has 0 aliphatic carbocycles. The maximum absolute atomic E-state index is 12.9. The smallest absolute Gasteiger partial charge is 0.308 e. The zero-order valence-electron chi connectivity index (χ0n) is 14.4. The van der Waals surface area contributed by atoms with E-state index < -0.39 is 11.9 Å². The zero-order valence-corrected chi connectivity index (χ0v) is 15.3. The molecule has 0 bridgehead atoms. The van der Waals surface area contributed by atoms with Crippen LogP contribution in [0.25, 0.3) is 0 Å². The molecule has 1 fully saturated rings. The number of benzene rings is 1. The van der Waals surface area contributed by atoms with E-state index in [1.165, 1.54) is 35.6 Å². The molecule has 26 heavy (non-hydrogen) atoms. The van der Waals surface area contributed by atoms with Gasteiger partial charge in [-0.3, -0.25) is 9.59 Å². The highest BCUT2D eigenvalue weighted by molar-refractivity contribution is 7.13. The van der Waals surface area contributed by atoms with Crippen LogP contribution >= 0.6 is 11.3 Å². The van der Waals surface area contributed by atoms with Crippen molar-refractivity contribution in [3.8, 4) is 5.75 Å². The molecule has 0 radical (unpaired) electrons. The number of carbonyl (C=O) groups is 2. The number of carboxylic acids is 1. The van der Waals surface area contributed by atoms with E-state index in [1.807, 2.05) is 6.92 Å². The second-order valence-electron chi connectivity index (χ2n) is 6.40. The molecular weight excluding hydrogens is 359 g/mol. The first-order valence-electron chi connectivity index (χ1n) is 8.22. The van der Waals surface area contributed by atoms with Gasteiger partial charge in [0.15, 0.2) is 0 Å². The lowest BCUT2D eigenvalue weighted by molar-refractivity contribution is -0.142. The molecule has 1 aromatic heterocycles. The van der Waals surface area contributed by atoms with Crippen molar-refractivity contribution in [2.24, 2.45) is 11.8 Å². The Balaban J connectivity index is 1.67. The van der Waals surface area contributed by atoms with Crippen LogP contribution in [0.4, 0.5) is 4.39 Å². The highest BCUT2D eigenvalue weighted by Gasteiger charge is 2.38. The van der Waals surface area contributed by atoms with Gasteiger partial charge in [0.05, 0.1) is 11.6 Å². The summed E-state index contributed by atoms with van der Waals surface area (Å²) in [4.78, 5) is 30.4. The largest absolute Gasteiger partial charge is 0.486 e. The Labute approximate surface area is 154 Å². The number of ether oxygens (including phenoxy) is 1. The third-order valence-corrected chi connectivity index (χ3v) is 5.55. The van der Waals surface area contributed by atoms with Crippen LogP contribution in [-0.4, -0.2) is 40.0 Å². The van der Waals surface area contributed by atoms with Crippen LogP contribution in [0.2, 0.25) is 0 Å². The second kappa shape index (κ2) is 7.41. The maximum atomic E-state index is 12.9. The number of aromatic nitrogens is 1. The van der Waals surface area contributed by atoms with Crippen LogP contribution in [0.1, 0.15) is 27.3 Å². The van der Waals surface area contributed by atoms with Crippen LogP contribution in [0.5, 0.6) is 5.75 Å². The predicted octanol–water partition coefficient (Wildman–Crippen LogP) is 2.96. The van der Waals surface area contributed by atoms with E-state index in [-0.39, 0.29) is 30.8 Å². The molecule has 1 saturated heterocycles. The number of amides is 1. The summed E-state index contributed by atoms with van der Waals surface area (Å²) in [6.07, 6.45) is 0. The minimum atomic E-state index is -0.873. The van der Waals surface area contributed by atoms with Gasteiger partial charge in [0, 0.05) is 13.1 Å². The fraction of sp³-hybridized carbons (Fsp3) is 0.389. The number of likely N-dealkylation sites (tertiary alicyclic amines) is 1. The molecule has 2 atom stereocenters. The number of halogens is 1. The lowest BCUT2D eigenvalue weighted by Gasteiger charge is -2.14. The summed E-state index contributed by atoms with van der Waals surface area (Å²) in [7, 11) is 0. The number of aliphatic carboxylic acids is 1. The molecule has 0 unspecified atom stereocenters. The zero-order chi connectivity index (χ0) is 18.8. The SMILES string of the molecule is Cc1nc(COc2ccc(F)cc2)sc1C(=O)N1C[C@@H](C)[C@H](C(=O)O)C1. The number of hydrogen-bond donors (Lipinski definition) is 1. The second-order valence-corrected chi connectivity index (χ2v) is 7.48. The van der Waals surface area contributed by atoms with Crippen LogP contribution in [0, 0.1) is 24.6 Å². The molecule has 2 aromatic rings. The van der Waals surface area contributed by atoms with Crippen LogP contribution in [-0.2, 0) is 11.4 Å². The number of rotatable bonds is 5. The average Bonchev–Trinajstić information content (AvgIpc) is 3.17. The van der Waals surface area contributed by atoms with Gasteiger partial charge in [-0.2, -0.15) is 0 Å². The van der Waals surface area contributed by atoms with Crippen LogP contribution in [0.3, 0.4) is 0 Å². The number of hydrogen-bond acceptors (Lipinski definition) is 5. The summed E-state index contributed by atoms with van der Waals surface area (Å²) in [6.45, 7) is 4.41. The van der Waals surface area contributed by atoms with Crippen molar-refractivity contribution >= 4 is 23.2 Å². The van der Waals surface area contributed by atoms with Gasteiger partial charge in [-0.05, 0) is 37.1 Å². The fourth-order valence-electron chi connectivity index (χ4n) is 2.99. The Morgan fingerprint density at radius 2 is 2.04 bits per heavy atom. The highest BCUT2D eigenvalue weighted by atomic mass is 32.1. The van der Waals surface area contributed by atoms with Gasteiger partial charge in [0.2, 0.25) is 0 Å². The molecule has 1 aliphatic rings. The highest BCUT2D eigenvalue weighted by Crippen LogP contribution is 2.28. The average molecular weight is 378 g/mol. The van der Waals surface area contributed by atoms with Crippen molar-refractivity contribution in [3.63, 3.8) is 0 Å².